The molecule has 4 rings (SSSR count). The van der Waals surface area contributed by atoms with E-state index in [0.717, 1.165) is 37.1 Å². The van der Waals surface area contributed by atoms with E-state index >= 15 is 0 Å². The Morgan fingerprint density at radius 2 is 1.93 bits per heavy atom. The number of benzene rings is 1. The van der Waals surface area contributed by atoms with Gasteiger partial charge in [0.05, 0.1) is 5.69 Å². The summed E-state index contributed by atoms with van der Waals surface area (Å²) in [6.45, 7) is 6.13. The first kappa shape index (κ1) is 18.3. The van der Waals surface area contributed by atoms with Crippen molar-refractivity contribution in [1.82, 2.24) is 10.1 Å². The third-order valence-electron chi connectivity index (χ3n) is 6.70. The van der Waals surface area contributed by atoms with Crippen molar-refractivity contribution < 1.29 is 9.32 Å². The Kier molecular flexibility index (Phi) is 5.07. The van der Waals surface area contributed by atoms with Gasteiger partial charge in [0.2, 0.25) is 5.91 Å². The van der Waals surface area contributed by atoms with Crippen LogP contribution in [-0.4, -0.2) is 28.0 Å². The van der Waals surface area contributed by atoms with Gasteiger partial charge in [-0.1, -0.05) is 29.4 Å². The summed E-state index contributed by atoms with van der Waals surface area (Å²) in [5, 5.41) is 4.02. The molecule has 1 aromatic carbocycles. The number of hydrogen-bond acceptors (Lipinski definition) is 3. The fraction of sp³-hybridized carbons (Fsp3) is 0.565. The Hall–Kier alpha value is -2.10. The van der Waals surface area contributed by atoms with E-state index in [4.69, 9.17) is 4.52 Å². The minimum atomic E-state index is 0.340. The monoisotopic (exact) mass is 366 g/mol. The SMILES string of the molecule is Cc1ccccc1C1CCC2CCC1N2C(=O)CCCc1c(C)noc1C. The molecule has 1 aromatic heterocycles. The molecule has 2 bridgehead atoms. The highest BCUT2D eigenvalue weighted by atomic mass is 16.5. The summed E-state index contributed by atoms with van der Waals surface area (Å²) in [6, 6.07) is 9.55. The van der Waals surface area contributed by atoms with E-state index in [9.17, 15) is 4.79 Å². The number of carbonyl (C=O) groups is 1. The highest BCUT2D eigenvalue weighted by Gasteiger charge is 2.44. The summed E-state index contributed by atoms with van der Waals surface area (Å²) in [5.74, 6) is 1.72. The summed E-state index contributed by atoms with van der Waals surface area (Å²) in [7, 11) is 0. The fourth-order valence-electron chi connectivity index (χ4n) is 5.31. The van der Waals surface area contributed by atoms with Gasteiger partial charge in [0, 0.05) is 30.0 Å². The number of aryl methyl sites for hydroxylation is 3. The molecule has 2 aliphatic rings. The van der Waals surface area contributed by atoms with E-state index in [0.29, 0.717) is 30.3 Å². The zero-order valence-electron chi connectivity index (χ0n) is 16.7. The second-order valence-corrected chi connectivity index (χ2v) is 8.30. The van der Waals surface area contributed by atoms with E-state index in [-0.39, 0.29) is 0 Å². The third-order valence-corrected chi connectivity index (χ3v) is 6.70. The standard InChI is InChI=1S/C23H30N2O2/c1-15-7-4-5-8-19(15)21-13-11-18-12-14-22(21)25(18)23(26)10-6-9-20-16(2)24-27-17(20)3/h4-5,7-8,18,21-22H,6,9-14H2,1-3H3. The van der Waals surface area contributed by atoms with Gasteiger partial charge in [0.1, 0.15) is 5.76 Å². The van der Waals surface area contributed by atoms with Crippen LogP contribution in [-0.2, 0) is 11.2 Å². The number of fused-ring (bicyclic) bond motifs is 2. The van der Waals surface area contributed by atoms with Crippen LogP contribution in [0.4, 0.5) is 0 Å². The smallest absolute Gasteiger partial charge is 0.223 e. The minimum Gasteiger partial charge on any atom is -0.361 e. The molecule has 2 fully saturated rings. The van der Waals surface area contributed by atoms with Gasteiger partial charge in [-0.25, -0.2) is 0 Å². The summed E-state index contributed by atoms with van der Waals surface area (Å²) in [5.41, 5.74) is 4.93. The van der Waals surface area contributed by atoms with Crippen molar-refractivity contribution in [2.45, 2.75) is 83.7 Å². The van der Waals surface area contributed by atoms with E-state index in [2.05, 4.69) is 41.2 Å². The molecule has 27 heavy (non-hydrogen) atoms. The van der Waals surface area contributed by atoms with Gasteiger partial charge in [-0.15, -0.1) is 0 Å². The molecule has 0 spiro atoms. The predicted molar refractivity (Wildman–Crippen MR) is 106 cm³/mol. The van der Waals surface area contributed by atoms with Crippen molar-refractivity contribution in [3.63, 3.8) is 0 Å². The highest BCUT2D eigenvalue weighted by Crippen LogP contribution is 2.45. The Morgan fingerprint density at radius 3 is 2.67 bits per heavy atom. The lowest BCUT2D eigenvalue weighted by molar-refractivity contribution is -0.136. The minimum absolute atomic E-state index is 0.340. The maximum Gasteiger partial charge on any atom is 0.223 e. The average molecular weight is 367 g/mol. The first-order chi connectivity index (χ1) is 13.1. The number of piperidine rings is 1. The Labute approximate surface area is 161 Å². The van der Waals surface area contributed by atoms with Crippen LogP contribution in [0.5, 0.6) is 0 Å². The molecule has 0 radical (unpaired) electrons. The van der Waals surface area contributed by atoms with Crippen molar-refractivity contribution >= 4 is 5.91 Å². The third kappa shape index (κ3) is 3.42. The first-order valence-corrected chi connectivity index (χ1v) is 10.3. The lowest BCUT2D eigenvalue weighted by atomic mass is 9.82. The van der Waals surface area contributed by atoms with Crippen LogP contribution in [0, 0.1) is 20.8 Å². The Morgan fingerprint density at radius 1 is 1.15 bits per heavy atom. The van der Waals surface area contributed by atoms with Crippen LogP contribution in [0.15, 0.2) is 28.8 Å². The number of aromatic nitrogens is 1. The Bertz CT molecular complexity index is 806. The van der Waals surface area contributed by atoms with E-state index in [1.165, 1.54) is 29.5 Å². The number of rotatable bonds is 5. The van der Waals surface area contributed by atoms with Crippen molar-refractivity contribution in [3.05, 3.63) is 52.4 Å². The molecule has 2 saturated heterocycles. The fourth-order valence-corrected chi connectivity index (χ4v) is 5.31. The molecule has 3 atom stereocenters. The molecule has 2 aliphatic heterocycles. The summed E-state index contributed by atoms with van der Waals surface area (Å²) >= 11 is 0. The number of hydrogen-bond donors (Lipinski definition) is 0. The highest BCUT2D eigenvalue weighted by molar-refractivity contribution is 5.77. The van der Waals surface area contributed by atoms with Crippen LogP contribution in [0.1, 0.15) is 72.6 Å². The molecule has 0 aliphatic carbocycles. The van der Waals surface area contributed by atoms with Gasteiger partial charge in [0.25, 0.3) is 0 Å². The first-order valence-electron chi connectivity index (χ1n) is 10.3. The summed E-state index contributed by atoms with van der Waals surface area (Å²) in [4.78, 5) is 15.4. The lowest BCUT2D eigenvalue weighted by Crippen LogP contribution is -2.47. The summed E-state index contributed by atoms with van der Waals surface area (Å²) in [6.07, 6.45) is 7.04. The van der Waals surface area contributed by atoms with E-state index in [1.807, 2.05) is 13.8 Å². The van der Waals surface area contributed by atoms with Crippen LogP contribution >= 0.6 is 0 Å². The summed E-state index contributed by atoms with van der Waals surface area (Å²) < 4.78 is 5.24. The van der Waals surface area contributed by atoms with Gasteiger partial charge in [-0.2, -0.15) is 0 Å². The largest absolute Gasteiger partial charge is 0.361 e. The molecule has 2 aromatic rings. The topological polar surface area (TPSA) is 46.3 Å². The van der Waals surface area contributed by atoms with Crippen molar-refractivity contribution in [2.24, 2.45) is 0 Å². The van der Waals surface area contributed by atoms with Gasteiger partial charge >= 0.3 is 0 Å². The van der Waals surface area contributed by atoms with Gasteiger partial charge in [-0.3, -0.25) is 4.79 Å². The molecule has 3 heterocycles. The predicted octanol–water partition coefficient (Wildman–Crippen LogP) is 4.86. The second kappa shape index (κ2) is 7.49. The molecule has 3 unspecified atom stereocenters. The molecular weight excluding hydrogens is 336 g/mol. The van der Waals surface area contributed by atoms with Crippen LogP contribution in [0.25, 0.3) is 0 Å². The molecular formula is C23H30N2O2. The van der Waals surface area contributed by atoms with Crippen molar-refractivity contribution in [2.75, 3.05) is 0 Å². The molecule has 1 amide bonds. The second-order valence-electron chi connectivity index (χ2n) is 8.30. The van der Waals surface area contributed by atoms with E-state index in [1.54, 1.807) is 0 Å². The maximum atomic E-state index is 13.1. The Balaban J connectivity index is 1.43. The number of nitrogens with zero attached hydrogens (tertiary/aromatic N) is 2. The van der Waals surface area contributed by atoms with Crippen LogP contribution in [0.2, 0.25) is 0 Å². The zero-order chi connectivity index (χ0) is 19.0. The van der Waals surface area contributed by atoms with Crippen molar-refractivity contribution in [1.29, 1.82) is 0 Å². The molecule has 4 nitrogen and oxygen atoms in total. The molecule has 0 N–H and O–H groups in total. The van der Waals surface area contributed by atoms with E-state index < -0.39 is 0 Å². The number of amides is 1. The average Bonchev–Trinajstić information content (AvgIpc) is 3.14. The normalized spacial score (nSPS) is 24.4. The zero-order valence-corrected chi connectivity index (χ0v) is 16.7. The molecule has 144 valence electrons. The van der Waals surface area contributed by atoms with Gasteiger partial charge in [-0.05, 0) is 70.4 Å². The van der Waals surface area contributed by atoms with Crippen molar-refractivity contribution in [3.8, 4) is 0 Å². The molecule has 4 heteroatoms. The van der Waals surface area contributed by atoms with Crippen LogP contribution < -0.4 is 0 Å². The lowest BCUT2D eigenvalue weighted by Gasteiger charge is -2.41. The quantitative estimate of drug-likeness (QED) is 0.759. The van der Waals surface area contributed by atoms with Crippen LogP contribution in [0.3, 0.4) is 0 Å². The van der Waals surface area contributed by atoms with Gasteiger partial charge < -0.3 is 9.42 Å². The van der Waals surface area contributed by atoms with Gasteiger partial charge in [0.15, 0.2) is 0 Å². The number of carbonyl (C=O) groups excluding carboxylic acids is 1. The molecule has 0 saturated carbocycles. The maximum absolute atomic E-state index is 13.1.